The molecule has 0 aliphatic heterocycles. The van der Waals surface area contributed by atoms with Gasteiger partial charge in [-0.25, -0.2) is 0 Å². The molecular formula is C47H42. The SMILES string of the molecule is Cc1cc2c(c(C3(C)c4ccccc4-c4c3ccc(C)c4CC3(C)c4ccccc4-c4c(C)cccc43)c1)-c1ccccc1C2(C)C. The highest BCUT2D eigenvalue weighted by Gasteiger charge is 2.48. The van der Waals surface area contributed by atoms with E-state index >= 15 is 0 Å². The number of hydrogen-bond acceptors (Lipinski definition) is 0. The summed E-state index contributed by atoms with van der Waals surface area (Å²) in [4.78, 5) is 0. The molecule has 230 valence electrons. The Morgan fingerprint density at radius 1 is 0.426 bits per heavy atom. The van der Waals surface area contributed by atoms with E-state index in [-0.39, 0.29) is 16.2 Å². The van der Waals surface area contributed by atoms with E-state index in [1.165, 1.54) is 94.6 Å². The second-order valence-corrected chi connectivity index (χ2v) is 15.4. The molecule has 2 atom stereocenters. The molecule has 0 heteroatoms. The van der Waals surface area contributed by atoms with Gasteiger partial charge < -0.3 is 0 Å². The molecule has 0 amide bonds. The van der Waals surface area contributed by atoms with Gasteiger partial charge >= 0.3 is 0 Å². The zero-order chi connectivity index (χ0) is 32.5. The van der Waals surface area contributed by atoms with Crippen molar-refractivity contribution < 1.29 is 0 Å². The molecule has 2 unspecified atom stereocenters. The number of hydrogen-bond donors (Lipinski definition) is 0. The summed E-state index contributed by atoms with van der Waals surface area (Å²) in [5.41, 5.74) is 23.7. The highest BCUT2D eigenvalue weighted by molar-refractivity contribution is 5.92. The lowest BCUT2D eigenvalue weighted by Gasteiger charge is -2.33. The fraction of sp³-hybridized carbons (Fsp3) is 0.234. The molecular weight excluding hydrogens is 565 g/mol. The molecule has 6 aromatic carbocycles. The quantitative estimate of drug-likeness (QED) is 0.188. The summed E-state index contributed by atoms with van der Waals surface area (Å²) in [5, 5.41) is 0. The number of rotatable bonds is 3. The van der Waals surface area contributed by atoms with Crippen LogP contribution in [0.1, 0.15) is 88.9 Å². The van der Waals surface area contributed by atoms with E-state index in [1.54, 1.807) is 0 Å². The van der Waals surface area contributed by atoms with Crippen LogP contribution in [0.3, 0.4) is 0 Å². The van der Waals surface area contributed by atoms with Gasteiger partial charge in [0.25, 0.3) is 0 Å². The molecule has 9 rings (SSSR count). The van der Waals surface area contributed by atoms with Gasteiger partial charge in [0, 0.05) is 16.2 Å². The zero-order valence-electron chi connectivity index (χ0n) is 28.7. The van der Waals surface area contributed by atoms with Crippen LogP contribution in [0.15, 0.2) is 115 Å². The van der Waals surface area contributed by atoms with Crippen LogP contribution in [-0.4, -0.2) is 0 Å². The molecule has 0 N–H and O–H groups in total. The Hall–Kier alpha value is -4.68. The smallest absolute Gasteiger partial charge is 0.0442 e. The Labute approximate surface area is 280 Å². The molecule has 0 heterocycles. The predicted molar refractivity (Wildman–Crippen MR) is 198 cm³/mol. The van der Waals surface area contributed by atoms with Crippen molar-refractivity contribution in [1.82, 2.24) is 0 Å². The highest BCUT2D eigenvalue weighted by Crippen LogP contribution is 2.60. The van der Waals surface area contributed by atoms with Gasteiger partial charge in [-0.15, -0.1) is 0 Å². The van der Waals surface area contributed by atoms with Crippen molar-refractivity contribution in [3.63, 3.8) is 0 Å². The molecule has 0 bridgehead atoms. The molecule has 0 spiro atoms. The van der Waals surface area contributed by atoms with Crippen LogP contribution in [0.4, 0.5) is 0 Å². The average molecular weight is 607 g/mol. The fourth-order valence-corrected chi connectivity index (χ4v) is 9.99. The van der Waals surface area contributed by atoms with E-state index in [4.69, 9.17) is 0 Å². The summed E-state index contributed by atoms with van der Waals surface area (Å²) in [7, 11) is 0. The van der Waals surface area contributed by atoms with Crippen LogP contribution in [0.25, 0.3) is 33.4 Å². The normalized spacial score (nSPS) is 20.7. The van der Waals surface area contributed by atoms with Crippen LogP contribution in [-0.2, 0) is 22.7 Å². The van der Waals surface area contributed by atoms with Crippen molar-refractivity contribution in [1.29, 1.82) is 0 Å². The maximum Gasteiger partial charge on any atom is 0.0442 e. The van der Waals surface area contributed by atoms with Crippen molar-refractivity contribution >= 4 is 0 Å². The van der Waals surface area contributed by atoms with Crippen molar-refractivity contribution in [3.8, 4) is 33.4 Å². The van der Waals surface area contributed by atoms with E-state index in [1.807, 2.05) is 0 Å². The van der Waals surface area contributed by atoms with Crippen molar-refractivity contribution in [2.75, 3.05) is 0 Å². The molecule has 0 saturated carbocycles. The Morgan fingerprint density at radius 3 is 1.72 bits per heavy atom. The summed E-state index contributed by atoms with van der Waals surface area (Å²) >= 11 is 0. The lowest BCUT2D eigenvalue weighted by Crippen LogP contribution is -2.26. The minimum absolute atomic E-state index is 0.0432. The van der Waals surface area contributed by atoms with Gasteiger partial charge in [0.2, 0.25) is 0 Å². The van der Waals surface area contributed by atoms with E-state index in [0.717, 1.165) is 6.42 Å². The van der Waals surface area contributed by atoms with E-state index < -0.39 is 0 Å². The van der Waals surface area contributed by atoms with Gasteiger partial charge in [0.05, 0.1) is 0 Å². The van der Waals surface area contributed by atoms with Gasteiger partial charge in [-0.05, 0) is 123 Å². The van der Waals surface area contributed by atoms with E-state index in [2.05, 4.69) is 164 Å². The Morgan fingerprint density at radius 2 is 1.00 bits per heavy atom. The fourth-order valence-electron chi connectivity index (χ4n) is 9.99. The third kappa shape index (κ3) is 3.54. The largest absolute Gasteiger partial charge is 0.0619 e. The van der Waals surface area contributed by atoms with Crippen molar-refractivity contribution in [3.05, 3.63) is 176 Å². The summed E-state index contributed by atoms with van der Waals surface area (Å²) in [5.74, 6) is 0. The molecule has 0 saturated heterocycles. The molecule has 3 aliphatic rings. The molecule has 6 aromatic rings. The Kier molecular flexibility index (Phi) is 5.74. The maximum absolute atomic E-state index is 2.50. The number of fused-ring (bicyclic) bond motifs is 9. The summed E-state index contributed by atoms with van der Waals surface area (Å²) in [6.45, 7) is 16.7. The van der Waals surface area contributed by atoms with Crippen molar-refractivity contribution in [2.24, 2.45) is 0 Å². The topological polar surface area (TPSA) is 0 Å². The lowest BCUT2D eigenvalue weighted by molar-refractivity contribution is 0.581. The third-order valence-corrected chi connectivity index (χ3v) is 12.4. The van der Waals surface area contributed by atoms with Gasteiger partial charge in [0.1, 0.15) is 0 Å². The van der Waals surface area contributed by atoms with Crippen LogP contribution < -0.4 is 0 Å². The summed E-state index contributed by atoms with van der Waals surface area (Å²) in [6, 6.07) is 44.3. The first-order valence-electron chi connectivity index (χ1n) is 17.2. The van der Waals surface area contributed by atoms with Gasteiger partial charge in [-0.2, -0.15) is 0 Å². The maximum atomic E-state index is 2.50. The number of benzene rings is 6. The highest BCUT2D eigenvalue weighted by atomic mass is 14.5. The Bertz CT molecular complexity index is 2310. The average Bonchev–Trinajstić information content (AvgIpc) is 3.58. The monoisotopic (exact) mass is 606 g/mol. The van der Waals surface area contributed by atoms with Crippen LogP contribution in [0.2, 0.25) is 0 Å². The first kappa shape index (κ1) is 28.5. The minimum Gasteiger partial charge on any atom is -0.0619 e. The number of aryl methyl sites for hydroxylation is 3. The third-order valence-electron chi connectivity index (χ3n) is 12.4. The summed E-state index contributed by atoms with van der Waals surface area (Å²) in [6.07, 6.45) is 0.960. The molecule has 0 nitrogen and oxygen atoms in total. The molecule has 0 aromatic heterocycles. The molecule has 47 heavy (non-hydrogen) atoms. The molecule has 0 radical (unpaired) electrons. The van der Waals surface area contributed by atoms with Crippen LogP contribution >= 0.6 is 0 Å². The zero-order valence-corrected chi connectivity index (χ0v) is 28.7. The Balaban J connectivity index is 1.32. The molecule has 0 fully saturated rings. The van der Waals surface area contributed by atoms with Gasteiger partial charge in [0.15, 0.2) is 0 Å². The summed E-state index contributed by atoms with van der Waals surface area (Å²) < 4.78 is 0. The lowest BCUT2D eigenvalue weighted by atomic mass is 9.69. The first-order valence-corrected chi connectivity index (χ1v) is 17.2. The van der Waals surface area contributed by atoms with Crippen LogP contribution in [0, 0.1) is 20.8 Å². The predicted octanol–water partition coefficient (Wildman–Crippen LogP) is 11.8. The van der Waals surface area contributed by atoms with Crippen LogP contribution in [0.5, 0.6) is 0 Å². The van der Waals surface area contributed by atoms with Gasteiger partial charge in [-0.1, -0.05) is 142 Å². The molecule has 3 aliphatic carbocycles. The van der Waals surface area contributed by atoms with E-state index in [0.29, 0.717) is 0 Å². The van der Waals surface area contributed by atoms with E-state index in [9.17, 15) is 0 Å². The second-order valence-electron chi connectivity index (χ2n) is 15.4. The first-order chi connectivity index (χ1) is 22.6. The standard InChI is InChI=1S/C47H42/c1-28-25-40-44(31-16-8-11-19-35(31)45(40,4)5)41(26-28)47(7)37-21-13-10-18-33(37)43-34(29(2)23-24-39(43)47)27-46(6)36-20-12-9-17-32(36)42-30(3)15-14-22-38(42)46/h8-26H,27H2,1-7H3. The van der Waals surface area contributed by atoms with Crippen molar-refractivity contribution in [2.45, 2.75) is 71.1 Å². The minimum atomic E-state index is -0.291. The van der Waals surface area contributed by atoms with Gasteiger partial charge in [-0.3, -0.25) is 0 Å². The second kappa shape index (κ2) is 9.45.